The zero-order valence-corrected chi connectivity index (χ0v) is 15.2. The molecule has 2 rings (SSSR count). The molecule has 0 spiro atoms. The normalized spacial score (nSPS) is 11.1. The number of para-hydroxylation sites is 1. The van der Waals surface area contributed by atoms with Gasteiger partial charge in [-0.3, -0.25) is 14.9 Å². The van der Waals surface area contributed by atoms with Crippen LogP contribution in [-0.4, -0.2) is 38.1 Å². The van der Waals surface area contributed by atoms with E-state index < -0.39 is 18.0 Å². The van der Waals surface area contributed by atoms with Gasteiger partial charge in [0, 0.05) is 12.7 Å². The second-order valence-electron chi connectivity index (χ2n) is 5.51. The molecule has 2 aromatic rings. The van der Waals surface area contributed by atoms with E-state index in [2.05, 4.69) is 16.0 Å². The molecule has 142 valence electrons. The van der Waals surface area contributed by atoms with Gasteiger partial charge < -0.3 is 20.1 Å². The van der Waals surface area contributed by atoms with E-state index in [4.69, 9.17) is 9.47 Å². The highest BCUT2D eigenvalue weighted by molar-refractivity contribution is 6.06. The first-order chi connectivity index (χ1) is 12.9. The number of carbonyl (C=O) groups excluding carboxylic acids is 3. The van der Waals surface area contributed by atoms with Gasteiger partial charge in [0.1, 0.15) is 11.5 Å². The number of nitrogens with one attached hydrogen (secondary N) is 3. The van der Waals surface area contributed by atoms with E-state index in [0.717, 1.165) is 0 Å². The molecule has 4 amide bonds. The third-order valence-corrected chi connectivity index (χ3v) is 3.61. The summed E-state index contributed by atoms with van der Waals surface area (Å²) in [7, 11) is 2.91. The molecular weight excluding hydrogens is 350 g/mol. The number of hydrogen-bond acceptors (Lipinski definition) is 5. The van der Waals surface area contributed by atoms with E-state index in [0.29, 0.717) is 22.7 Å². The molecule has 0 heterocycles. The number of rotatable bonds is 6. The van der Waals surface area contributed by atoms with E-state index in [1.54, 1.807) is 48.5 Å². The van der Waals surface area contributed by atoms with Crippen molar-refractivity contribution in [3.05, 3.63) is 54.1 Å². The highest BCUT2D eigenvalue weighted by Crippen LogP contribution is 2.21. The Kier molecular flexibility index (Phi) is 6.76. The molecule has 0 unspecified atom stereocenters. The first-order valence-electron chi connectivity index (χ1n) is 8.18. The Hall–Kier alpha value is -3.55. The Morgan fingerprint density at radius 2 is 1.67 bits per heavy atom. The van der Waals surface area contributed by atoms with Crippen LogP contribution in [0.1, 0.15) is 17.3 Å². The summed E-state index contributed by atoms with van der Waals surface area (Å²) in [4.78, 5) is 35.3. The van der Waals surface area contributed by atoms with Crippen molar-refractivity contribution in [2.45, 2.75) is 13.0 Å². The van der Waals surface area contributed by atoms with E-state index in [9.17, 15) is 14.4 Å². The summed E-state index contributed by atoms with van der Waals surface area (Å²) in [5, 5.41) is 7.18. The van der Waals surface area contributed by atoms with Crippen LogP contribution < -0.4 is 25.4 Å². The molecule has 0 aliphatic rings. The Morgan fingerprint density at radius 1 is 1.00 bits per heavy atom. The van der Waals surface area contributed by atoms with Crippen LogP contribution in [0.3, 0.4) is 0 Å². The molecule has 0 fully saturated rings. The van der Waals surface area contributed by atoms with Crippen LogP contribution in [0.15, 0.2) is 48.5 Å². The van der Waals surface area contributed by atoms with Gasteiger partial charge in [-0.25, -0.2) is 4.79 Å². The summed E-state index contributed by atoms with van der Waals surface area (Å²) in [5.74, 6) is 0.0260. The second-order valence-corrected chi connectivity index (χ2v) is 5.51. The highest BCUT2D eigenvalue weighted by Gasteiger charge is 2.17. The van der Waals surface area contributed by atoms with E-state index in [1.807, 2.05) is 0 Å². The molecule has 0 aliphatic carbocycles. The van der Waals surface area contributed by atoms with E-state index in [-0.39, 0.29) is 5.91 Å². The molecule has 0 saturated heterocycles. The molecule has 0 aromatic heterocycles. The van der Waals surface area contributed by atoms with E-state index in [1.165, 1.54) is 21.1 Å². The predicted molar refractivity (Wildman–Crippen MR) is 100 cm³/mol. The van der Waals surface area contributed by atoms with Crippen LogP contribution in [0.5, 0.6) is 11.5 Å². The summed E-state index contributed by atoms with van der Waals surface area (Å²) in [6.07, 6.45) is -0.865. The zero-order chi connectivity index (χ0) is 19.8. The quantitative estimate of drug-likeness (QED) is 0.722. The Balaban J connectivity index is 1.97. The number of carbonyl (C=O) groups is 3. The fourth-order valence-electron chi connectivity index (χ4n) is 2.18. The van der Waals surface area contributed by atoms with Gasteiger partial charge in [-0.2, -0.15) is 0 Å². The molecule has 2 aromatic carbocycles. The van der Waals surface area contributed by atoms with Crippen molar-refractivity contribution in [3.8, 4) is 11.5 Å². The molecule has 8 heteroatoms. The van der Waals surface area contributed by atoms with Crippen molar-refractivity contribution in [2.24, 2.45) is 0 Å². The first-order valence-corrected chi connectivity index (χ1v) is 8.18. The van der Waals surface area contributed by atoms with Gasteiger partial charge >= 0.3 is 6.03 Å². The van der Waals surface area contributed by atoms with Crippen molar-refractivity contribution >= 4 is 23.5 Å². The summed E-state index contributed by atoms with van der Waals surface area (Å²) in [6, 6.07) is 12.8. The average molecular weight is 371 g/mol. The van der Waals surface area contributed by atoms with Crippen molar-refractivity contribution in [1.82, 2.24) is 10.6 Å². The molecule has 1 atom stereocenters. The van der Waals surface area contributed by atoms with Crippen LogP contribution >= 0.6 is 0 Å². The topological polar surface area (TPSA) is 106 Å². The lowest BCUT2D eigenvalue weighted by Crippen LogP contribution is -2.43. The SMILES string of the molecule is CNC(=O)NC(=O)[C@H](C)Oc1ccc(NC(=O)c2ccccc2OC)cc1. The van der Waals surface area contributed by atoms with Gasteiger partial charge in [-0.15, -0.1) is 0 Å². The second kappa shape index (κ2) is 9.23. The van der Waals surface area contributed by atoms with Crippen LogP contribution in [0.4, 0.5) is 10.5 Å². The predicted octanol–water partition coefficient (Wildman–Crippen LogP) is 2.17. The fourth-order valence-corrected chi connectivity index (χ4v) is 2.18. The third kappa shape index (κ3) is 5.46. The third-order valence-electron chi connectivity index (χ3n) is 3.61. The minimum Gasteiger partial charge on any atom is -0.496 e. The number of anilines is 1. The maximum Gasteiger partial charge on any atom is 0.321 e. The van der Waals surface area contributed by atoms with Crippen molar-refractivity contribution in [3.63, 3.8) is 0 Å². The Morgan fingerprint density at radius 3 is 2.30 bits per heavy atom. The standard InChI is InChI=1S/C19H21N3O5/c1-12(17(23)22-19(25)20-2)27-14-10-8-13(9-11-14)21-18(24)15-6-4-5-7-16(15)26-3/h4-12H,1-3H3,(H,21,24)(H2,20,22,23,25)/t12-/m0/s1. The number of hydrogen-bond donors (Lipinski definition) is 3. The van der Waals surface area contributed by atoms with Crippen LogP contribution in [-0.2, 0) is 4.79 Å². The number of benzene rings is 2. The summed E-state index contributed by atoms with van der Waals surface area (Å²) < 4.78 is 10.7. The number of methoxy groups -OCH3 is 1. The average Bonchev–Trinajstić information content (AvgIpc) is 2.69. The summed E-state index contributed by atoms with van der Waals surface area (Å²) in [6.45, 7) is 1.52. The monoisotopic (exact) mass is 371 g/mol. The number of urea groups is 1. The van der Waals surface area contributed by atoms with Crippen molar-refractivity contribution in [1.29, 1.82) is 0 Å². The zero-order valence-electron chi connectivity index (χ0n) is 15.2. The largest absolute Gasteiger partial charge is 0.496 e. The van der Waals surface area contributed by atoms with Gasteiger partial charge in [0.15, 0.2) is 6.10 Å². The molecule has 8 nitrogen and oxygen atoms in total. The summed E-state index contributed by atoms with van der Waals surface area (Å²) >= 11 is 0. The van der Waals surface area contributed by atoms with Gasteiger partial charge in [-0.1, -0.05) is 12.1 Å². The smallest absolute Gasteiger partial charge is 0.321 e. The van der Waals surface area contributed by atoms with E-state index >= 15 is 0 Å². The molecule has 0 saturated carbocycles. The van der Waals surface area contributed by atoms with Crippen LogP contribution in [0.2, 0.25) is 0 Å². The van der Waals surface area contributed by atoms with Gasteiger partial charge in [0.2, 0.25) is 0 Å². The lowest BCUT2D eigenvalue weighted by molar-refractivity contribution is -0.126. The molecule has 0 aliphatic heterocycles. The number of ether oxygens (including phenoxy) is 2. The molecule has 0 bridgehead atoms. The fraction of sp³-hybridized carbons (Fsp3) is 0.211. The maximum atomic E-state index is 12.4. The number of amides is 4. The van der Waals surface area contributed by atoms with Crippen molar-refractivity contribution < 1.29 is 23.9 Å². The minimum atomic E-state index is -0.865. The Bertz CT molecular complexity index is 820. The molecule has 3 N–H and O–H groups in total. The minimum absolute atomic E-state index is 0.306. The lowest BCUT2D eigenvalue weighted by atomic mass is 10.2. The molecular formula is C19H21N3O5. The number of imide groups is 1. The van der Waals surface area contributed by atoms with Crippen LogP contribution in [0, 0.1) is 0 Å². The highest BCUT2D eigenvalue weighted by atomic mass is 16.5. The maximum absolute atomic E-state index is 12.4. The summed E-state index contributed by atoms with van der Waals surface area (Å²) in [5.41, 5.74) is 0.973. The van der Waals surface area contributed by atoms with Gasteiger partial charge in [-0.05, 0) is 43.3 Å². The molecule has 0 radical (unpaired) electrons. The Labute approximate surface area is 156 Å². The molecule has 27 heavy (non-hydrogen) atoms. The van der Waals surface area contributed by atoms with Gasteiger partial charge in [0.25, 0.3) is 11.8 Å². The first kappa shape index (κ1) is 19.8. The van der Waals surface area contributed by atoms with Gasteiger partial charge in [0.05, 0.1) is 12.7 Å². The lowest BCUT2D eigenvalue weighted by Gasteiger charge is -2.14. The van der Waals surface area contributed by atoms with Crippen LogP contribution in [0.25, 0.3) is 0 Å². The van der Waals surface area contributed by atoms with Crippen molar-refractivity contribution in [2.75, 3.05) is 19.5 Å².